The van der Waals surface area contributed by atoms with Crippen LogP contribution < -0.4 is 4.90 Å². The highest BCUT2D eigenvalue weighted by Gasteiger charge is 2.20. The maximum atomic E-state index is 11.4. The van der Waals surface area contributed by atoms with Crippen LogP contribution in [0.3, 0.4) is 0 Å². The van der Waals surface area contributed by atoms with E-state index < -0.39 is 5.97 Å². The van der Waals surface area contributed by atoms with Gasteiger partial charge in [0.05, 0.1) is 0 Å². The molecule has 19 heavy (non-hydrogen) atoms. The second kappa shape index (κ2) is 5.43. The van der Waals surface area contributed by atoms with Gasteiger partial charge in [0, 0.05) is 19.3 Å². The van der Waals surface area contributed by atoms with Crippen LogP contribution >= 0.6 is 0 Å². The second-order valence-corrected chi connectivity index (χ2v) is 5.29. The Bertz CT molecular complexity index is 523. The van der Waals surface area contributed by atoms with Gasteiger partial charge >= 0.3 is 5.97 Å². The lowest BCUT2D eigenvalue weighted by Gasteiger charge is -2.23. The Balaban J connectivity index is 2.45. The molecule has 1 aromatic heterocycles. The van der Waals surface area contributed by atoms with E-state index in [1.54, 1.807) is 6.07 Å². The normalized spacial score (nSPS) is 13.8. The zero-order valence-electron chi connectivity index (χ0n) is 11.6. The number of rotatable bonds is 4. The zero-order valence-corrected chi connectivity index (χ0v) is 11.6. The van der Waals surface area contributed by atoms with E-state index in [4.69, 9.17) is 0 Å². The van der Waals surface area contributed by atoms with E-state index in [-0.39, 0.29) is 0 Å². The van der Waals surface area contributed by atoms with E-state index in [1.807, 2.05) is 18.9 Å². The van der Waals surface area contributed by atoms with Crippen molar-refractivity contribution in [3.63, 3.8) is 0 Å². The van der Waals surface area contributed by atoms with Gasteiger partial charge < -0.3 is 10.0 Å². The fourth-order valence-electron chi connectivity index (χ4n) is 2.55. The minimum atomic E-state index is -0.913. The van der Waals surface area contributed by atoms with Gasteiger partial charge in [0.2, 0.25) is 0 Å². The van der Waals surface area contributed by atoms with Gasteiger partial charge in [0.15, 0.2) is 0 Å². The molecule has 1 aromatic rings. The van der Waals surface area contributed by atoms with Crippen LogP contribution in [-0.4, -0.2) is 29.7 Å². The lowest BCUT2D eigenvalue weighted by Crippen LogP contribution is -2.24. The number of hydrogen-bond donors (Lipinski definition) is 1. The molecule has 2 rings (SSSR count). The summed E-state index contributed by atoms with van der Waals surface area (Å²) in [6.07, 6.45) is 4.14. The Labute approximate surface area is 113 Å². The molecule has 1 heterocycles. The van der Waals surface area contributed by atoms with Crippen molar-refractivity contribution in [1.82, 2.24) is 4.98 Å². The molecule has 102 valence electrons. The SMILES string of the molecule is C=C(C)CN(C)c1nc2c(cc1C(=O)O)CCCC2. The third-order valence-corrected chi connectivity index (χ3v) is 3.38. The van der Waals surface area contributed by atoms with Gasteiger partial charge in [-0.15, -0.1) is 0 Å². The molecule has 1 aliphatic carbocycles. The second-order valence-electron chi connectivity index (χ2n) is 5.29. The lowest BCUT2D eigenvalue weighted by molar-refractivity contribution is 0.0697. The molecule has 1 aliphatic rings. The molecular weight excluding hydrogens is 240 g/mol. The van der Waals surface area contributed by atoms with Gasteiger partial charge in [-0.2, -0.15) is 0 Å². The highest BCUT2D eigenvalue weighted by atomic mass is 16.4. The van der Waals surface area contributed by atoms with Gasteiger partial charge in [-0.3, -0.25) is 0 Å². The van der Waals surface area contributed by atoms with E-state index in [0.717, 1.165) is 42.5 Å². The van der Waals surface area contributed by atoms with Gasteiger partial charge in [-0.1, -0.05) is 12.2 Å². The first kappa shape index (κ1) is 13.6. The first-order valence-corrected chi connectivity index (χ1v) is 6.60. The van der Waals surface area contributed by atoms with Crippen LogP contribution in [-0.2, 0) is 12.8 Å². The Hall–Kier alpha value is -1.84. The van der Waals surface area contributed by atoms with Gasteiger partial charge in [-0.25, -0.2) is 9.78 Å². The summed E-state index contributed by atoms with van der Waals surface area (Å²) in [7, 11) is 1.86. The predicted octanol–water partition coefficient (Wildman–Crippen LogP) is 2.67. The fraction of sp³-hybridized carbons (Fsp3) is 0.467. The summed E-state index contributed by atoms with van der Waals surface area (Å²) in [5, 5.41) is 9.36. The van der Waals surface area contributed by atoms with Crippen molar-refractivity contribution in [2.24, 2.45) is 0 Å². The summed E-state index contributed by atoms with van der Waals surface area (Å²) < 4.78 is 0. The molecule has 0 radical (unpaired) electrons. The monoisotopic (exact) mass is 260 g/mol. The lowest BCUT2D eigenvalue weighted by atomic mass is 9.94. The van der Waals surface area contributed by atoms with Crippen molar-refractivity contribution < 1.29 is 9.90 Å². The highest BCUT2D eigenvalue weighted by molar-refractivity contribution is 5.93. The van der Waals surface area contributed by atoms with Crippen LogP contribution in [0.25, 0.3) is 0 Å². The Morgan fingerprint density at radius 1 is 1.47 bits per heavy atom. The summed E-state index contributed by atoms with van der Waals surface area (Å²) >= 11 is 0. The number of hydrogen-bond acceptors (Lipinski definition) is 3. The van der Waals surface area contributed by atoms with Crippen molar-refractivity contribution in [2.45, 2.75) is 32.6 Å². The third-order valence-electron chi connectivity index (χ3n) is 3.38. The summed E-state index contributed by atoms with van der Waals surface area (Å²) in [5.74, 6) is -0.361. The molecule has 0 amide bonds. The van der Waals surface area contributed by atoms with Crippen LogP contribution in [0.2, 0.25) is 0 Å². The van der Waals surface area contributed by atoms with Crippen molar-refractivity contribution >= 4 is 11.8 Å². The minimum absolute atomic E-state index is 0.296. The number of pyridine rings is 1. The molecule has 4 nitrogen and oxygen atoms in total. The van der Waals surface area contributed by atoms with E-state index in [1.165, 1.54) is 0 Å². The maximum Gasteiger partial charge on any atom is 0.339 e. The van der Waals surface area contributed by atoms with Crippen LogP contribution in [0.1, 0.15) is 41.4 Å². The smallest absolute Gasteiger partial charge is 0.339 e. The summed E-state index contributed by atoms with van der Waals surface area (Å²) in [5.41, 5.74) is 3.43. The average Bonchev–Trinajstić information content (AvgIpc) is 2.36. The molecular formula is C15H20N2O2. The van der Waals surface area contributed by atoms with Crippen molar-refractivity contribution in [3.05, 3.63) is 35.0 Å². The summed E-state index contributed by atoms with van der Waals surface area (Å²) in [4.78, 5) is 17.9. The molecule has 0 saturated heterocycles. The maximum absolute atomic E-state index is 11.4. The number of aromatic nitrogens is 1. The van der Waals surface area contributed by atoms with Crippen LogP contribution in [0.5, 0.6) is 0 Å². The highest BCUT2D eigenvalue weighted by Crippen LogP contribution is 2.26. The first-order chi connectivity index (χ1) is 8.99. The number of carboxylic acid groups (broad SMARTS) is 1. The number of carboxylic acids is 1. The fourth-order valence-corrected chi connectivity index (χ4v) is 2.55. The average molecular weight is 260 g/mol. The Morgan fingerprint density at radius 2 is 2.16 bits per heavy atom. The molecule has 0 bridgehead atoms. The molecule has 0 spiro atoms. The zero-order chi connectivity index (χ0) is 14.0. The quantitative estimate of drug-likeness (QED) is 0.846. The number of fused-ring (bicyclic) bond motifs is 1. The molecule has 1 N–H and O–H groups in total. The van der Waals surface area contributed by atoms with Gasteiger partial charge in [0.1, 0.15) is 11.4 Å². The minimum Gasteiger partial charge on any atom is -0.478 e. The largest absolute Gasteiger partial charge is 0.478 e. The van der Waals surface area contributed by atoms with E-state index in [9.17, 15) is 9.90 Å². The number of aryl methyl sites for hydroxylation is 2. The molecule has 0 fully saturated rings. The van der Waals surface area contributed by atoms with Gasteiger partial charge in [0.25, 0.3) is 0 Å². The number of carbonyl (C=O) groups is 1. The van der Waals surface area contributed by atoms with Crippen LogP contribution in [0.15, 0.2) is 18.2 Å². The van der Waals surface area contributed by atoms with E-state index in [0.29, 0.717) is 17.9 Å². The van der Waals surface area contributed by atoms with Crippen LogP contribution in [0.4, 0.5) is 5.82 Å². The Morgan fingerprint density at radius 3 is 2.79 bits per heavy atom. The number of nitrogens with zero attached hydrogens (tertiary/aromatic N) is 2. The summed E-state index contributed by atoms with van der Waals surface area (Å²) in [6, 6.07) is 1.80. The van der Waals surface area contributed by atoms with E-state index in [2.05, 4.69) is 11.6 Å². The van der Waals surface area contributed by atoms with E-state index >= 15 is 0 Å². The Kier molecular flexibility index (Phi) is 3.88. The topological polar surface area (TPSA) is 53.4 Å². The van der Waals surface area contributed by atoms with Crippen molar-refractivity contribution in [1.29, 1.82) is 0 Å². The third kappa shape index (κ3) is 2.95. The molecule has 0 saturated carbocycles. The number of anilines is 1. The molecule has 0 aliphatic heterocycles. The number of aromatic carboxylic acids is 1. The predicted molar refractivity (Wildman–Crippen MR) is 75.9 cm³/mol. The summed E-state index contributed by atoms with van der Waals surface area (Å²) in [6.45, 7) is 6.41. The molecule has 0 aromatic carbocycles. The van der Waals surface area contributed by atoms with Crippen LogP contribution in [0, 0.1) is 0 Å². The van der Waals surface area contributed by atoms with Crippen molar-refractivity contribution in [2.75, 3.05) is 18.5 Å². The first-order valence-electron chi connectivity index (χ1n) is 6.60. The molecule has 0 atom stereocenters. The standard InChI is InChI=1S/C15H20N2O2/c1-10(2)9-17(3)14-12(15(18)19)8-11-6-4-5-7-13(11)16-14/h8H,1,4-7,9H2,2-3H3,(H,18,19). The van der Waals surface area contributed by atoms with Crippen molar-refractivity contribution in [3.8, 4) is 0 Å². The number of likely N-dealkylation sites (N-methyl/N-ethyl adjacent to an activating group) is 1. The molecule has 0 unspecified atom stereocenters. The van der Waals surface area contributed by atoms with Gasteiger partial charge in [-0.05, 0) is 44.2 Å². The molecule has 4 heteroatoms.